The minimum atomic E-state index is -3.64. The maximum absolute atomic E-state index is 12.8. The molecule has 1 heterocycles. The van der Waals surface area contributed by atoms with Gasteiger partial charge in [0.15, 0.2) is 0 Å². The molecule has 0 saturated carbocycles. The summed E-state index contributed by atoms with van der Waals surface area (Å²) in [5.41, 5.74) is 0. The fourth-order valence-corrected chi connectivity index (χ4v) is 3.99. The lowest BCUT2D eigenvalue weighted by Crippen LogP contribution is -2.31. The van der Waals surface area contributed by atoms with E-state index in [2.05, 4.69) is 0 Å². The molecule has 1 fully saturated rings. The third-order valence-electron chi connectivity index (χ3n) is 4.10. The minimum absolute atomic E-state index is 0.117. The lowest BCUT2D eigenvalue weighted by Gasteiger charge is -2.25. The van der Waals surface area contributed by atoms with Crippen molar-refractivity contribution in [3.63, 3.8) is 0 Å². The SMILES string of the molecule is COc1ccc(OC)c(S(=O)(=O)N(C)CCC2CCCCO2)c1. The zero-order chi connectivity index (χ0) is 16.9. The number of hydrogen-bond acceptors (Lipinski definition) is 5. The Morgan fingerprint density at radius 2 is 2.04 bits per heavy atom. The Balaban J connectivity index is 2.12. The second-order valence-corrected chi connectivity index (χ2v) is 7.63. The van der Waals surface area contributed by atoms with E-state index in [1.54, 1.807) is 19.2 Å². The highest BCUT2D eigenvalue weighted by molar-refractivity contribution is 7.89. The van der Waals surface area contributed by atoms with Crippen molar-refractivity contribution in [3.05, 3.63) is 18.2 Å². The second-order valence-electron chi connectivity index (χ2n) is 5.62. The van der Waals surface area contributed by atoms with Crippen molar-refractivity contribution in [2.24, 2.45) is 0 Å². The van der Waals surface area contributed by atoms with Gasteiger partial charge in [0.25, 0.3) is 0 Å². The average molecular weight is 343 g/mol. The van der Waals surface area contributed by atoms with Crippen LogP contribution in [-0.2, 0) is 14.8 Å². The third-order valence-corrected chi connectivity index (χ3v) is 5.98. The molecule has 1 aliphatic rings. The molecule has 7 heteroatoms. The van der Waals surface area contributed by atoms with Crippen LogP contribution in [0.5, 0.6) is 11.5 Å². The molecule has 0 amide bonds. The first-order chi connectivity index (χ1) is 11.0. The van der Waals surface area contributed by atoms with Crippen molar-refractivity contribution in [3.8, 4) is 11.5 Å². The normalized spacial score (nSPS) is 18.9. The van der Waals surface area contributed by atoms with Gasteiger partial charge in [-0.25, -0.2) is 12.7 Å². The summed E-state index contributed by atoms with van der Waals surface area (Å²) in [7, 11) is 0.895. The summed E-state index contributed by atoms with van der Waals surface area (Å²) in [6, 6.07) is 4.76. The lowest BCUT2D eigenvalue weighted by atomic mass is 10.1. The molecular formula is C16H25NO5S. The van der Waals surface area contributed by atoms with Gasteiger partial charge in [0, 0.05) is 26.3 Å². The van der Waals surface area contributed by atoms with Crippen LogP contribution < -0.4 is 9.47 Å². The van der Waals surface area contributed by atoms with Gasteiger partial charge < -0.3 is 14.2 Å². The Bertz CT molecular complexity index is 611. The van der Waals surface area contributed by atoms with E-state index in [4.69, 9.17) is 14.2 Å². The molecule has 0 aromatic heterocycles. The summed E-state index contributed by atoms with van der Waals surface area (Å²) in [6.45, 7) is 1.18. The third kappa shape index (κ3) is 4.37. The first kappa shape index (κ1) is 18.0. The van der Waals surface area contributed by atoms with E-state index < -0.39 is 10.0 Å². The summed E-state index contributed by atoms with van der Waals surface area (Å²) in [6.07, 6.45) is 4.07. The Hall–Kier alpha value is -1.31. The smallest absolute Gasteiger partial charge is 0.246 e. The van der Waals surface area contributed by atoms with Gasteiger partial charge in [0.1, 0.15) is 16.4 Å². The Morgan fingerprint density at radius 3 is 2.65 bits per heavy atom. The molecule has 0 radical (unpaired) electrons. The molecule has 2 rings (SSSR count). The highest BCUT2D eigenvalue weighted by Gasteiger charge is 2.26. The van der Waals surface area contributed by atoms with Crippen molar-refractivity contribution < 1.29 is 22.6 Å². The predicted octanol–water partition coefficient (Wildman–Crippen LogP) is 2.28. The molecule has 0 spiro atoms. The number of nitrogens with zero attached hydrogens (tertiary/aromatic N) is 1. The molecule has 1 atom stereocenters. The Morgan fingerprint density at radius 1 is 1.26 bits per heavy atom. The molecule has 23 heavy (non-hydrogen) atoms. The standard InChI is InChI=1S/C16H25NO5S/c1-17(10-9-13-6-4-5-11-22-13)23(18,19)16-12-14(20-2)7-8-15(16)21-3/h7-8,12-13H,4-6,9-11H2,1-3H3. The molecule has 130 valence electrons. The minimum Gasteiger partial charge on any atom is -0.497 e. The number of sulfonamides is 1. The van der Waals surface area contributed by atoms with Gasteiger partial charge in [-0.15, -0.1) is 0 Å². The van der Waals surface area contributed by atoms with Gasteiger partial charge in [-0.2, -0.15) is 0 Å². The van der Waals surface area contributed by atoms with Crippen molar-refractivity contribution >= 4 is 10.0 Å². The van der Waals surface area contributed by atoms with Crippen LogP contribution in [-0.4, -0.2) is 53.2 Å². The summed E-state index contributed by atoms with van der Waals surface area (Å²) in [4.78, 5) is 0.117. The maximum atomic E-state index is 12.8. The summed E-state index contributed by atoms with van der Waals surface area (Å²) >= 11 is 0. The monoisotopic (exact) mass is 343 g/mol. The van der Waals surface area contributed by atoms with Crippen molar-refractivity contribution in [1.29, 1.82) is 0 Å². The van der Waals surface area contributed by atoms with Gasteiger partial charge >= 0.3 is 0 Å². The zero-order valence-electron chi connectivity index (χ0n) is 13.9. The molecule has 0 bridgehead atoms. The molecule has 1 aromatic carbocycles. The first-order valence-corrected chi connectivity index (χ1v) is 9.23. The van der Waals surface area contributed by atoms with Gasteiger partial charge in [-0.3, -0.25) is 0 Å². The van der Waals surface area contributed by atoms with Crippen LogP contribution in [0.25, 0.3) is 0 Å². The van der Waals surface area contributed by atoms with E-state index in [1.165, 1.54) is 24.6 Å². The van der Waals surface area contributed by atoms with Gasteiger partial charge in [-0.05, 0) is 37.8 Å². The zero-order valence-corrected chi connectivity index (χ0v) is 14.8. The summed E-state index contributed by atoms with van der Waals surface area (Å²) < 4.78 is 42.9. The quantitative estimate of drug-likeness (QED) is 0.760. The van der Waals surface area contributed by atoms with Gasteiger partial charge in [0.05, 0.1) is 20.3 Å². The Labute approximate surface area is 138 Å². The van der Waals surface area contributed by atoms with Gasteiger partial charge in [-0.1, -0.05) is 0 Å². The maximum Gasteiger partial charge on any atom is 0.246 e. The molecule has 6 nitrogen and oxygen atoms in total. The molecule has 1 unspecified atom stereocenters. The van der Waals surface area contributed by atoms with Crippen LogP contribution in [0.15, 0.2) is 23.1 Å². The predicted molar refractivity (Wildman–Crippen MR) is 87.6 cm³/mol. The molecular weight excluding hydrogens is 318 g/mol. The van der Waals surface area contributed by atoms with Crippen LogP contribution in [0.3, 0.4) is 0 Å². The van der Waals surface area contributed by atoms with Crippen LogP contribution >= 0.6 is 0 Å². The van der Waals surface area contributed by atoms with Crippen molar-refractivity contribution in [1.82, 2.24) is 4.31 Å². The van der Waals surface area contributed by atoms with Crippen LogP contribution in [0.2, 0.25) is 0 Å². The van der Waals surface area contributed by atoms with E-state index in [1.807, 2.05) is 0 Å². The second kappa shape index (κ2) is 7.99. The lowest BCUT2D eigenvalue weighted by molar-refractivity contribution is 0.00950. The first-order valence-electron chi connectivity index (χ1n) is 7.79. The average Bonchev–Trinajstić information content (AvgIpc) is 2.59. The number of benzene rings is 1. The van der Waals surface area contributed by atoms with Gasteiger partial charge in [0.2, 0.25) is 10.0 Å². The van der Waals surface area contributed by atoms with Crippen LogP contribution in [0.4, 0.5) is 0 Å². The van der Waals surface area contributed by atoms with E-state index in [-0.39, 0.29) is 11.0 Å². The Kier molecular flexibility index (Phi) is 6.26. The fraction of sp³-hybridized carbons (Fsp3) is 0.625. The number of methoxy groups -OCH3 is 2. The van der Waals surface area contributed by atoms with Crippen LogP contribution in [0.1, 0.15) is 25.7 Å². The number of rotatable bonds is 7. The molecule has 0 N–H and O–H groups in total. The largest absolute Gasteiger partial charge is 0.497 e. The topological polar surface area (TPSA) is 65.1 Å². The van der Waals surface area contributed by atoms with Crippen molar-refractivity contribution in [2.45, 2.75) is 36.7 Å². The number of ether oxygens (including phenoxy) is 3. The molecule has 0 aliphatic carbocycles. The summed E-state index contributed by atoms with van der Waals surface area (Å²) in [5, 5.41) is 0. The van der Waals surface area contributed by atoms with Crippen LogP contribution in [0, 0.1) is 0 Å². The molecule has 1 aromatic rings. The van der Waals surface area contributed by atoms with E-state index in [0.29, 0.717) is 24.5 Å². The molecule has 1 aliphatic heterocycles. The van der Waals surface area contributed by atoms with E-state index >= 15 is 0 Å². The highest BCUT2D eigenvalue weighted by atomic mass is 32.2. The molecule has 1 saturated heterocycles. The van der Waals surface area contributed by atoms with E-state index in [9.17, 15) is 8.42 Å². The fourth-order valence-electron chi connectivity index (χ4n) is 2.63. The number of hydrogen-bond donors (Lipinski definition) is 0. The van der Waals surface area contributed by atoms with Crippen molar-refractivity contribution in [2.75, 3.05) is 34.4 Å². The summed E-state index contributed by atoms with van der Waals surface area (Å²) in [5.74, 6) is 0.792. The van der Waals surface area contributed by atoms with E-state index in [0.717, 1.165) is 25.9 Å². The highest BCUT2D eigenvalue weighted by Crippen LogP contribution is 2.30.